The number of rotatable bonds is 2. The van der Waals surface area contributed by atoms with E-state index in [4.69, 9.17) is 0 Å². The second kappa shape index (κ2) is 3.94. The van der Waals surface area contributed by atoms with Crippen LogP contribution in [-0.2, 0) is 10.0 Å². The summed E-state index contributed by atoms with van der Waals surface area (Å²) in [7, 11) is -3.06. The molecule has 1 fully saturated rings. The van der Waals surface area contributed by atoms with E-state index in [2.05, 4.69) is 5.32 Å². The van der Waals surface area contributed by atoms with Crippen LogP contribution >= 0.6 is 0 Å². The Labute approximate surface area is 80.4 Å². The minimum atomic E-state index is -3.06. The van der Waals surface area contributed by atoms with Gasteiger partial charge in [-0.1, -0.05) is 0 Å². The molecule has 4 nitrogen and oxygen atoms in total. The summed E-state index contributed by atoms with van der Waals surface area (Å²) < 4.78 is 25.2. The number of nitrogens with one attached hydrogen (secondary N) is 1. The lowest BCUT2D eigenvalue weighted by molar-refractivity contribution is 0.282. The lowest BCUT2D eigenvalue weighted by Gasteiger charge is -2.34. The van der Waals surface area contributed by atoms with Crippen molar-refractivity contribution >= 4 is 10.0 Å². The van der Waals surface area contributed by atoms with Crippen molar-refractivity contribution in [2.45, 2.75) is 32.1 Å². The molecule has 5 heteroatoms. The maximum Gasteiger partial charge on any atom is 0.216 e. The molecule has 78 valence electrons. The minimum Gasteiger partial charge on any atom is -0.314 e. The third kappa shape index (κ3) is 2.21. The fraction of sp³-hybridized carbons (Fsp3) is 1.00. The SMILES string of the molecule is CC(C)S(=O)(=O)N1CCNC[C@@H]1C. The van der Waals surface area contributed by atoms with Gasteiger partial charge in [0.05, 0.1) is 5.25 Å². The van der Waals surface area contributed by atoms with Crippen molar-refractivity contribution in [3.05, 3.63) is 0 Å². The topological polar surface area (TPSA) is 49.4 Å². The van der Waals surface area contributed by atoms with Crippen LogP contribution in [0.25, 0.3) is 0 Å². The van der Waals surface area contributed by atoms with Gasteiger partial charge < -0.3 is 5.32 Å². The van der Waals surface area contributed by atoms with E-state index in [-0.39, 0.29) is 11.3 Å². The maximum absolute atomic E-state index is 11.8. The first-order valence-corrected chi connectivity index (χ1v) is 6.18. The Morgan fingerprint density at radius 2 is 2.08 bits per heavy atom. The second-order valence-electron chi connectivity index (χ2n) is 3.76. The van der Waals surface area contributed by atoms with Crippen LogP contribution in [0.5, 0.6) is 0 Å². The van der Waals surface area contributed by atoms with E-state index in [9.17, 15) is 8.42 Å². The Morgan fingerprint density at radius 3 is 2.54 bits per heavy atom. The molecule has 0 aliphatic carbocycles. The molecule has 1 rings (SSSR count). The van der Waals surface area contributed by atoms with Crippen molar-refractivity contribution in [3.8, 4) is 0 Å². The number of sulfonamides is 1. The monoisotopic (exact) mass is 206 g/mol. The molecule has 0 amide bonds. The van der Waals surface area contributed by atoms with Gasteiger partial charge >= 0.3 is 0 Å². The molecule has 0 aromatic heterocycles. The maximum atomic E-state index is 11.8. The summed E-state index contributed by atoms with van der Waals surface area (Å²) in [6, 6.07) is 0.0844. The Bertz CT molecular complexity index is 261. The standard InChI is InChI=1S/C8H18N2O2S/c1-7(2)13(11,12)10-5-4-9-6-8(10)3/h7-9H,4-6H2,1-3H3/t8-/m0/s1. The number of nitrogens with zero attached hydrogens (tertiary/aromatic N) is 1. The Morgan fingerprint density at radius 1 is 1.46 bits per heavy atom. The van der Waals surface area contributed by atoms with E-state index in [0.717, 1.165) is 13.1 Å². The van der Waals surface area contributed by atoms with Crippen LogP contribution in [-0.4, -0.2) is 43.6 Å². The largest absolute Gasteiger partial charge is 0.314 e. The highest BCUT2D eigenvalue weighted by molar-refractivity contribution is 7.89. The third-order valence-corrected chi connectivity index (χ3v) is 4.75. The van der Waals surface area contributed by atoms with Crippen molar-refractivity contribution < 1.29 is 8.42 Å². The summed E-state index contributed by atoms with van der Waals surface area (Å²) in [6.45, 7) is 7.50. The van der Waals surface area contributed by atoms with Crippen molar-refractivity contribution in [2.24, 2.45) is 0 Å². The predicted molar refractivity (Wildman–Crippen MR) is 53.1 cm³/mol. The van der Waals surface area contributed by atoms with Crippen LogP contribution in [0.3, 0.4) is 0 Å². The highest BCUT2D eigenvalue weighted by Crippen LogP contribution is 2.13. The first-order chi connectivity index (χ1) is 5.96. The molecule has 1 aliphatic heterocycles. The molecular formula is C8H18N2O2S. The smallest absolute Gasteiger partial charge is 0.216 e. The zero-order chi connectivity index (χ0) is 10.1. The van der Waals surface area contributed by atoms with E-state index < -0.39 is 10.0 Å². The Balaban J connectivity index is 2.80. The van der Waals surface area contributed by atoms with Crippen molar-refractivity contribution in [1.29, 1.82) is 0 Å². The van der Waals surface area contributed by atoms with Crippen molar-refractivity contribution in [1.82, 2.24) is 9.62 Å². The average Bonchev–Trinajstić information content (AvgIpc) is 2.04. The molecule has 0 unspecified atom stereocenters. The molecule has 1 atom stereocenters. The van der Waals surface area contributed by atoms with Gasteiger partial charge in [0.25, 0.3) is 0 Å². The zero-order valence-electron chi connectivity index (χ0n) is 8.45. The molecule has 1 saturated heterocycles. The first kappa shape index (κ1) is 10.9. The van der Waals surface area contributed by atoms with Gasteiger partial charge in [-0.3, -0.25) is 0 Å². The third-order valence-electron chi connectivity index (χ3n) is 2.36. The van der Waals surface area contributed by atoms with Gasteiger partial charge in [0.1, 0.15) is 0 Å². The number of hydrogen-bond acceptors (Lipinski definition) is 3. The van der Waals surface area contributed by atoms with Crippen LogP contribution in [0, 0.1) is 0 Å². The molecular weight excluding hydrogens is 188 g/mol. The highest BCUT2D eigenvalue weighted by Gasteiger charge is 2.31. The molecule has 0 bridgehead atoms. The summed E-state index contributed by atoms with van der Waals surface area (Å²) in [5.41, 5.74) is 0. The van der Waals surface area contributed by atoms with Crippen LogP contribution in [0.15, 0.2) is 0 Å². The Hall–Kier alpha value is -0.130. The van der Waals surface area contributed by atoms with Gasteiger partial charge in [-0.2, -0.15) is 4.31 Å². The quantitative estimate of drug-likeness (QED) is 0.693. The van der Waals surface area contributed by atoms with E-state index in [1.165, 1.54) is 0 Å². The van der Waals surface area contributed by atoms with Gasteiger partial charge in [-0.15, -0.1) is 0 Å². The molecule has 0 aromatic carbocycles. The second-order valence-corrected chi connectivity index (χ2v) is 6.20. The van der Waals surface area contributed by atoms with Crippen molar-refractivity contribution in [3.63, 3.8) is 0 Å². The molecule has 1 aliphatic rings. The fourth-order valence-electron chi connectivity index (χ4n) is 1.47. The molecule has 1 N–H and O–H groups in total. The molecule has 13 heavy (non-hydrogen) atoms. The first-order valence-electron chi connectivity index (χ1n) is 4.67. The summed E-state index contributed by atoms with van der Waals surface area (Å²) in [5.74, 6) is 0. The van der Waals surface area contributed by atoms with Crippen LogP contribution < -0.4 is 5.32 Å². The fourth-order valence-corrected chi connectivity index (χ4v) is 2.93. The molecule has 0 radical (unpaired) electrons. The molecule has 0 aromatic rings. The van der Waals surface area contributed by atoms with Gasteiger partial charge in [0, 0.05) is 25.7 Å². The summed E-state index contributed by atoms with van der Waals surface area (Å²) in [4.78, 5) is 0. The molecule has 0 spiro atoms. The summed E-state index contributed by atoms with van der Waals surface area (Å²) >= 11 is 0. The summed E-state index contributed by atoms with van der Waals surface area (Å²) in [5, 5.41) is 2.86. The lowest BCUT2D eigenvalue weighted by Crippen LogP contribution is -2.53. The number of hydrogen-bond donors (Lipinski definition) is 1. The minimum absolute atomic E-state index is 0.0844. The van der Waals surface area contributed by atoms with Gasteiger partial charge in [-0.05, 0) is 20.8 Å². The number of piperazine rings is 1. The zero-order valence-corrected chi connectivity index (χ0v) is 9.26. The van der Waals surface area contributed by atoms with Gasteiger partial charge in [0.15, 0.2) is 0 Å². The van der Waals surface area contributed by atoms with E-state index >= 15 is 0 Å². The van der Waals surface area contributed by atoms with E-state index in [1.807, 2.05) is 6.92 Å². The Kier molecular flexibility index (Phi) is 3.32. The predicted octanol–water partition coefficient (Wildman–Crippen LogP) is 0.0183. The summed E-state index contributed by atoms with van der Waals surface area (Å²) in [6.07, 6.45) is 0. The van der Waals surface area contributed by atoms with Crippen molar-refractivity contribution in [2.75, 3.05) is 19.6 Å². The van der Waals surface area contributed by atoms with Crippen LogP contribution in [0.1, 0.15) is 20.8 Å². The highest BCUT2D eigenvalue weighted by atomic mass is 32.2. The molecule has 1 heterocycles. The van der Waals surface area contributed by atoms with Gasteiger partial charge in [-0.25, -0.2) is 8.42 Å². The van der Waals surface area contributed by atoms with E-state index in [0.29, 0.717) is 6.54 Å². The molecule has 0 saturated carbocycles. The average molecular weight is 206 g/mol. The van der Waals surface area contributed by atoms with E-state index in [1.54, 1.807) is 18.2 Å². The normalized spacial score (nSPS) is 26.6. The van der Waals surface area contributed by atoms with Crippen LogP contribution in [0.2, 0.25) is 0 Å². The lowest BCUT2D eigenvalue weighted by atomic mass is 10.3. The van der Waals surface area contributed by atoms with Gasteiger partial charge in [0.2, 0.25) is 10.0 Å². The van der Waals surface area contributed by atoms with Crippen LogP contribution in [0.4, 0.5) is 0 Å².